The van der Waals surface area contributed by atoms with Crippen LogP contribution in [0.25, 0.3) is 11.0 Å². The predicted octanol–water partition coefficient (Wildman–Crippen LogP) is 4.47. The summed E-state index contributed by atoms with van der Waals surface area (Å²) in [5, 5.41) is 1.89. The second-order valence-corrected chi connectivity index (χ2v) is 5.81. The summed E-state index contributed by atoms with van der Waals surface area (Å²) in [5.74, 6) is 0.831. The number of halogens is 1. The first kappa shape index (κ1) is 16.1. The maximum absolute atomic E-state index is 12.0. The van der Waals surface area contributed by atoms with Crippen molar-refractivity contribution in [3.63, 3.8) is 0 Å². The number of ether oxygens (including phenoxy) is 1. The lowest BCUT2D eigenvalue weighted by Gasteiger charge is -2.13. The van der Waals surface area contributed by atoms with Crippen molar-refractivity contribution in [2.24, 2.45) is 0 Å². The first-order valence-electron chi connectivity index (χ1n) is 7.48. The summed E-state index contributed by atoms with van der Waals surface area (Å²) in [6.45, 7) is 4.73. The molecule has 0 atom stereocenters. The minimum Gasteiger partial charge on any atom is -0.493 e. The van der Waals surface area contributed by atoms with Crippen LogP contribution in [0.3, 0.4) is 0 Å². The highest BCUT2D eigenvalue weighted by Gasteiger charge is 2.13. The number of alkyl halides is 1. The van der Waals surface area contributed by atoms with Gasteiger partial charge in [-0.15, -0.1) is 0 Å². The SMILES string of the molecule is CCCc1c(OCCCBr)ccc2cc(CC)c(=O)oc12. The third kappa shape index (κ3) is 3.67. The fourth-order valence-corrected chi connectivity index (χ4v) is 2.60. The molecule has 0 saturated heterocycles. The lowest BCUT2D eigenvalue weighted by molar-refractivity contribution is 0.315. The molecule has 1 aromatic carbocycles. The Hall–Kier alpha value is -1.29. The summed E-state index contributed by atoms with van der Waals surface area (Å²) in [5.41, 5.74) is 2.16. The highest BCUT2D eigenvalue weighted by atomic mass is 79.9. The van der Waals surface area contributed by atoms with Crippen LogP contribution in [0, 0.1) is 0 Å². The van der Waals surface area contributed by atoms with Crippen LogP contribution in [0.15, 0.2) is 27.4 Å². The number of hydrogen-bond acceptors (Lipinski definition) is 3. The van der Waals surface area contributed by atoms with Crippen molar-refractivity contribution in [2.75, 3.05) is 11.9 Å². The maximum Gasteiger partial charge on any atom is 0.339 e. The fourth-order valence-electron chi connectivity index (χ4n) is 2.37. The molecule has 4 heteroatoms. The highest BCUT2D eigenvalue weighted by molar-refractivity contribution is 9.09. The molecule has 0 radical (unpaired) electrons. The molecule has 0 bridgehead atoms. The topological polar surface area (TPSA) is 39.4 Å². The molecule has 0 aliphatic rings. The molecule has 2 aromatic rings. The van der Waals surface area contributed by atoms with E-state index in [9.17, 15) is 4.79 Å². The first-order valence-corrected chi connectivity index (χ1v) is 8.60. The van der Waals surface area contributed by atoms with Gasteiger partial charge in [0.2, 0.25) is 0 Å². The molecule has 0 amide bonds. The molecule has 0 aliphatic heterocycles. The Morgan fingerprint density at radius 1 is 1.29 bits per heavy atom. The van der Waals surface area contributed by atoms with Crippen molar-refractivity contribution < 1.29 is 9.15 Å². The van der Waals surface area contributed by atoms with Gasteiger partial charge in [-0.2, -0.15) is 0 Å². The average molecular weight is 353 g/mol. The molecule has 0 saturated carbocycles. The Morgan fingerprint density at radius 2 is 2.10 bits per heavy atom. The standard InChI is InChI=1S/C17H21BrO3/c1-3-6-14-15(20-10-5-9-18)8-7-13-11-12(4-2)17(19)21-16(13)14/h7-8,11H,3-6,9-10H2,1-2H3. The van der Waals surface area contributed by atoms with Gasteiger partial charge in [0.15, 0.2) is 0 Å². The van der Waals surface area contributed by atoms with E-state index in [1.165, 1.54) is 0 Å². The summed E-state index contributed by atoms with van der Waals surface area (Å²) < 4.78 is 11.4. The van der Waals surface area contributed by atoms with Gasteiger partial charge in [0, 0.05) is 21.8 Å². The van der Waals surface area contributed by atoms with Crippen molar-refractivity contribution in [1.82, 2.24) is 0 Å². The van der Waals surface area contributed by atoms with Crippen molar-refractivity contribution in [2.45, 2.75) is 39.5 Å². The van der Waals surface area contributed by atoms with Crippen LogP contribution in [0.2, 0.25) is 0 Å². The monoisotopic (exact) mass is 352 g/mol. The number of benzene rings is 1. The van der Waals surface area contributed by atoms with Gasteiger partial charge in [0.05, 0.1) is 6.61 Å². The van der Waals surface area contributed by atoms with E-state index in [0.717, 1.165) is 46.9 Å². The Labute approximate surface area is 133 Å². The maximum atomic E-state index is 12.0. The minimum atomic E-state index is -0.236. The molecule has 0 spiro atoms. The zero-order valence-corrected chi connectivity index (χ0v) is 14.2. The van der Waals surface area contributed by atoms with E-state index in [4.69, 9.17) is 9.15 Å². The predicted molar refractivity (Wildman–Crippen MR) is 89.8 cm³/mol. The largest absolute Gasteiger partial charge is 0.493 e. The Bertz CT molecular complexity index is 661. The first-order chi connectivity index (χ1) is 10.2. The lowest BCUT2D eigenvalue weighted by Crippen LogP contribution is -2.07. The van der Waals surface area contributed by atoms with Gasteiger partial charge >= 0.3 is 5.63 Å². The van der Waals surface area contributed by atoms with Crippen LogP contribution in [0.1, 0.15) is 37.8 Å². The number of aryl methyl sites for hydroxylation is 2. The van der Waals surface area contributed by atoms with E-state index in [1.54, 1.807) is 0 Å². The highest BCUT2D eigenvalue weighted by Crippen LogP contribution is 2.29. The molecule has 2 rings (SSSR count). The summed E-state index contributed by atoms with van der Waals surface area (Å²) in [6, 6.07) is 5.89. The molecular formula is C17H21BrO3. The van der Waals surface area contributed by atoms with E-state index in [2.05, 4.69) is 22.9 Å². The minimum absolute atomic E-state index is 0.236. The Morgan fingerprint density at radius 3 is 2.76 bits per heavy atom. The van der Waals surface area contributed by atoms with E-state index in [-0.39, 0.29) is 5.63 Å². The molecule has 1 heterocycles. The fraction of sp³-hybridized carbons (Fsp3) is 0.471. The van der Waals surface area contributed by atoms with E-state index < -0.39 is 0 Å². The third-order valence-electron chi connectivity index (χ3n) is 3.45. The van der Waals surface area contributed by atoms with Crippen LogP contribution >= 0.6 is 15.9 Å². The molecule has 0 N–H and O–H groups in total. The van der Waals surface area contributed by atoms with Gasteiger partial charge in [-0.05, 0) is 37.5 Å². The van der Waals surface area contributed by atoms with E-state index in [1.807, 2.05) is 25.1 Å². The second-order valence-electron chi connectivity index (χ2n) is 5.01. The number of hydrogen-bond donors (Lipinski definition) is 0. The molecule has 3 nitrogen and oxygen atoms in total. The van der Waals surface area contributed by atoms with Gasteiger partial charge in [0.1, 0.15) is 11.3 Å². The molecular weight excluding hydrogens is 332 g/mol. The van der Waals surface area contributed by atoms with Gasteiger partial charge < -0.3 is 9.15 Å². The quantitative estimate of drug-likeness (QED) is 0.419. The van der Waals surface area contributed by atoms with Crippen molar-refractivity contribution in [3.8, 4) is 5.75 Å². The summed E-state index contributed by atoms with van der Waals surface area (Å²) >= 11 is 3.40. The van der Waals surface area contributed by atoms with E-state index >= 15 is 0 Å². The molecule has 21 heavy (non-hydrogen) atoms. The van der Waals surface area contributed by atoms with Gasteiger partial charge in [-0.3, -0.25) is 0 Å². The van der Waals surface area contributed by atoms with Crippen LogP contribution in [-0.4, -0.2) is 11.9 Å². The van der Waals surface area contributed by atoms with Crippen LogP contribution in [0.5, 0.6) is 5.75 Å². The average Bonchev–Trinajstić information content (AvgIpc) is 2.49. The summed E-state index contributed by atoms with van der Waals surface area (Å²) in [4.78, 5) is 12.0. The van der Waals surface area contributed by atoms with Gasteiger partial charge in [-0.25, -0.2) is 4.79 Å². The van der Waals surface area contributed by atoms with Crippen molar-refractivity contribution in [1.29, 1.82) is 0 Å². The van der Waals surface area contributed by atoms with Crippen molar-refractivity contribution >= 4 is 26.9 Å². The molecule has 0 fully saturated rings. The van der Waals surface area contributed by atoms with E-state index in [0.29, 0.717) is 18.6 Å². The zero-order valence-electron chi connectivity index (χ0n) is 12.6. The van der Waals surface area contributed by atoms with Crippen molar-refractivity contribution in [3.05, 3.63) is 39.7 Å². The molecule has 114 valence electrons. The number of fused-ring (bicyclic) bond motifs is 1. The van der Waals surface area contributed by atoms with Crippen LogP contribution in [-0.2, 0) is 12.8 Å². The van der Waals surface area contributed by atoms with Gasteiger partial charge in [-0.1, -0.05) is 36.2 Å². The van der Waals surface area contributed by atoms with Crippen LogP contribution in [0.4, 0.5) is 0 Å². The van der Waals surface area contributed by atoms with Crippen LogP contribution < -0.4 is 10.4 Å². The summed E-state index contributed by atoms with van der Waals surface area (Å²) in [7, 11) is 0. The third-order valence-corrected chi connectivity index (χ3v) is 4.01. The Balaban J connectivity index is 2.50. The smallest absolute Gasteiger partial charge is 0.339 e. The normalized spacial score (nSPS) is 11.0. The molecule has 1 aromatic heterocycles. The second kappa shape index (κ2) is 7.64. The molecule has 0 unspecified atom stereocenters. The summed E-state index contributed by atoms with van der Waals surface area (Å²) in [6.07, 6.45) is 3.45. The lowest BCUT2D eigenvalue weighted by atomic mass is 10.0. The zero-order chi connectivity index (χ0) is 15.2. The van der Waals surface area contributed by atoms with Gasteiger partial charge in [0.25, 0.3) is 0 Å². The Kier molecular flexibility index (Phi) is 5.85. The number of rotatable bonds is 7. The molecule has 0 aliphatic carbocycles.